The molecule has 16 heavy (non-hydrogen) atoms. The molecule has 0 amide bonds. The molecule has 82 valence electrons. The Balaban J connectivity index is 2.03. The minimum absolute atomic E-state index is 0.569. The van der Waals surface area contributed by atoms with E-state index in [-0.39, 0.29) is 0 Å². The second-order valence-corrected chi connectivity index (χ2v) is 4.28. The first-order chi connectivity index (χ1) is 7.75. The molecule has 0 atom stereocenters. The van der Waals surface area contributed by atoms with Crippen LogP contribution in [0.1, 0.15) is 5.56 Å². The van der Waals surface area contributed by atoms with Crippen molar-refractivity contribution >= 4 is 28.9 Å². The Labute approximate surface area is 105 Å². The molecule has 0 heterocycles. The standard InChI is InChI=1S/C13H11Cl2N/c14-12-7-6-11(8-13(12)15)16-9-10-4-2-1-3-5-10/h1-8,16H,9H2. The fourth-order valence-electron chi connectivity index (χ4n) is 1.41. The third kappa shape index (κ3) is 2.91. The van der Waals surface area contributed by atoms with E-state index in [0.29, 0.717) is 10.0 Å². The molecule has 0 saturated carbocycles. The SMILES string of the molecule is Clc1ccc(NCc2ccccc2)cc1Cl. The van der Waals surface area contributed by atoms with Gasteiger partial charge in [0.25, 0.3) is 0 Å². The molecule has 3 heteroatoms. The zero-order valence-corrected chi connectivity index (χ0v) is 10.1. The molecule has 2 aromatic rings. The number of nitrogens with one attached hydrogen (secondary N) is 1. The highest BCUT2D eigenvalue weighted by atomic mass is 35.5. The molecule has 2 rings (SSSR count). The Morgan fingerprint density at radius 3 is 2.31 bits per heavy atom. The highest BCUT2D eigenvalue weighted by Crippen LogP contribution is 2.25. The maximum absolute atomic E-state index is 5.92. The van der Waals surface area contributed by atoms with Gasteiger partial charge in [0.2, 0.25) is 0 Å². The molecule has 0 spiro atoms. The van der Waals surface area contributed by atoms with Crippen molar-refractivity contribution in [2.24, 2.45) is 0 Å². The summed E-state index contributed by atoms with van der Waals surface area (Å²) in [7, 11) is 0. The van der Waals surface area contributed by atoms with Gasteiger partial charge in [0.15, 0.2) is 0 Å². The zero-order chi connectivity index (χ0) is 11.4. The number of anilines is 1. The summed E-state index contributed by atoms with van der Waals surface area (Å²) in [4.78, 5) is 0. The monoisotopic (exact) mass is 251 g/mol. The van der Waals surface area contributed by atoms with Crippen molar-refractivity contribution in [3.05, 3.63) is 64.1 Å². The maximum atomic E-state index is 5.92. The minimum Gasteiger partial charge on any atom is -0.381 e. The lowest BCUT2D eigenvalue weighted by atomic mass is 10.2. The summed E-state index contributed by atoms with van der Waals surface area (Å²) < 4.78 is 0. The summed E-state index contributed by atoms with van der Waals surface area (Å²) in [6.07, 6.45) is 0. The number of rotatable bonds is 3. The lowest BCUT2D eigenvalue weighted by Gasteiger charge is -2.07. The molecule has 0 aliphatic rings. The fourth-order valence-corrected chi connectivity index (χ4v) is 1.70. The van der Waals surface area contributed by atoms with Crippen LogP contribution in [0.4, 0.5) is 5.69 Å². The average molecular weight is 252 g/mol. The first-order valence-electron chi connectivity index (χ1n) is 4.98. The zero-order valence-electron chi connectivity index (χ0n) is 8.58. The predicted molar refractivity (Wildman–Crippen MR) is 70.2 cm³/mol. The van der Waals surface area contributed by atoms with Crippen LogP contribution in [0, 0.1) is 0 Å². The Kier molecular flexibility index (Phi) is 3.70. The van der Waals surface area contributed by atoms with E-state index in [0.717, 1.165) is 12.2 Å². The van der Waals surface area contributed by atoms with E-state index in [4.69, 9.17) is 23.2 Å². The van der Waals surface area contributed by atoms with Crippen LogP contribution in [0.2, 0.25) is 10.0 Å². The van der Waals surface area contributed by atoms with Crippen LogP contribution in [0.3, 0.4) is 0 Å². The van der Waals surface area contributed by atoms with Crippen LogP contribution >= 0.6 is 23.2 Å². The van der Waals surface area contributed by atoms with Crippen LogP contribution in [0.25, 0.3) is 0 Å². The van der Waals surface area contributed by atoms with Crippen molar-refractivity contribution in [1.29, 1.82) is 0 Å². The second-order valence-electron chi connectivity index (χ2n) is 3.47. The Morgan fingerprint density at radius 2 is 1.62 bits per heavy atom. The summed E-state index contributed by atoms with van der Waals surface area (Å²) in [6, 6.07) is 15.7. The minimum atomic E-state index is 0.569. The number of benzene rings is 2. The van der Waals surface area contributed by atoms with E-state index in [1.807, 2.05) is 30.3 Å². The maximum Gasteiger partial charge on any atom is 0.0612 e. The van der Waals surface area contributed by atoms with Gasteiger partial charge in [-0.15, -0.1) is 0 Å². The van der Waals surface area contributed by atoms with Crippen molar-refractivity contribution in [3.63, 3.8) is 0 Å². The summed E-state index contributed by atoms with van der Waals surface area (Å²) in [6.45, 7) is 0.777. The van der Waals surface area contributed by atoms with E-state index in [1.165, 1.54) is 5.56 Å². The summed E-state index contributed by atoms with van der Waals surface area (Å²) in [5.41, 5.74) is 2.20. The lowest BCUT2D eigenvalue weighted by molar-refractivity contribution is 1.15. The van der Waals surface area contributed by atoms with Crippen molar-refractivity contribution in [1.82, 2.24) is 0 Å². The molecule has 1 N–H and O–H groups in total. The number of hydrogen-bond acceptors (Lipinski definition) is 1. The molecule has 0 aliphatic heterocycles. The second kappa shape index (κ2) is 5.24. The van der Waals surface area contributed by atoms with Gasteiger partial charge in [0, 0.05) is 12.2 Å². The van der Waals surface area contributed by atoms with Gasteiger partial charge in [0.1, 0.15) is 0 Å². The summed E-state index contributed by atoms with van der Waals surface area (Å²) in [5.74, 6) is 0. The van der Waals surface area contributed by atoms with Crippen molar-refractivity contribution in [3.8, 4) is 0 Å². The molecule has 0 unspecified atom stereocenters. The topological polar surface area (TPSA) is 12.0 Å². The molecule has 0 radical (unpaired) electrons. The van der Waals surface area contributed by atoms with Crippen LogP contribution in [0.5, 0.6) is 0 Å². The van der Waals surface area contributed by atoms with E-state index < -0.39 is 0 Å². The van der Waals surface area contributed by atoms with Gasteiger partial charge in [0.05, 0.1) is 10.0 Å². The predicted octanol–water partition coefficient (Wildman–Crippen LogP) is 4.61. The molecule has 0 bridgehead atoms. The average Bonchev–Trinajstić information content (AvgIpc) is 2.32. The van der Waals surface area contributed by atoms with Gasteiger partial charge >= 0.3 is 0 Å². The third-order valence-electron chi connectivity index (χ3n) is 2.26. The van der Waals surface area contributed by atoms with Gasteiger partial charge in [-0.25, -0.2) is 0 Å². The molecular formula is C13H11Cl2N. The molecule has 0 fully saturated rings. The van der Waals surface area contributed by atoms with E-state index in [2.05, 4.69) is 17.4 Å². The smallest absolute Gasteiger partial charge is 0.0612 e. The van der Waals surface area contributed by atoms with Gasteiger partial charge in [-0.05, 0) is 23.8 Å². The third-order valence-corrected chi connectivity index (χ3v) is 3.00. The van der Waals surface area contributed by atoms with Crippen molar-refractivity contribution < 1.29 is 0 Å². The Morgan fingerprint density at radius 1 is 0.875 bits per heavy atom. The molecule has 0 saturated heterocycles. The van der Waals surface area contributed by atoms with Crippen LogP contribution < -0.4 is 5.32 Å². The highest BCUT2D eigenvalue weighted by molar-refractivity contribution is 6.42. The highest BCUT2D eigenvalue weighted by Gasteiger charge is 1.98. The van der Waals surface area contributed by atoms with Crippen molar-refractivity contribution in [2.45, 2.75) is 6.54 Å². The van der Waals surface area contributed by atoms with Crippen LogP contribution in [-0.2, 0) is 6.54 Å². The van der Waals surface area contributed by atoms with E-state index >= 15 is 0 Å². The quantitative estimate of drug-likeness (QED) is 0.841. The Hall–Kier alpha value is -1.18. The molecule has 1 nitrogen and oxygen atoms in total. The number of hydrogen-bond donors (Lipinski definition) is 1. The summed E-state index contributed by atoms with van der Waals surface area (Å²) >= 11 is 11.8. The van der Waals surface area contributed by atoms with Gasteiger partial charge in [-0.1, -0.05) is 53.5 Å². The number of halogens is 2. The van der Waals surface area contributed by atoms with Crippen LogP contribution in [0.15, 0.2) is 48.5 Å². The van der Waals surface area contributed by atoms with Gasteiger partial charge in [-0.2, -0.15) is 0 Å². The van der Waals surface area contributed by atoms with Crippen molar-refractivity contribution in [2.75, 3.05) is 5.32 Å². The van der Waals surface area contributed by atoms with Crippen LogP contribution in [-0.4, -0.2) is 0 Å². The first-order valence-corrected chi connectivity index (χ1v) is 5.74. The van der Waals surface area contributed by atoms with E-state index in [9.17, 15) is 0 Å². The lowest BCUT2D eigenvalue weighted by Crippen LogP contribution is -1.98. The van der Waals surface area contributed by atoms with Gasteiger partial charge in [-0.3, -0.25) is 0 Å². The first kappa shape index (κ1) is 11.3. The molecule has 2 aromatic carbocycles. The van der Waals surface area contributed by atoms with Gasteiger partial charge < -0.3 is 5.32 Å². The molecule has 0 aliphatic carbocycles. The van der Waals surface area contributed by atoms with E-state index in [1.54, 1.807) is 6.07 Å². The normalized spacial score (nSPS) is 10.1. The summed E-state index contributed by atoms with van der Waals surface area (Å²) in [5, 5.41) is 4.43. The fraction of sp³-hybridized carbons (Fsp3) is 0.0769. The molecular weight excluding hydrogens is 241 g/mol. The largest absolute Gasteiger partial charge is 0.381 e. The molecule has 0 aromatic heterocycles. The Bertz CT molecular complexity index is 469.